The van der Waals surface area contributed by atoms with Crippen molar-refractivity contribution in [1.29, 1.82) is 0 Å². The predicted octanol–water partition coefficient (Wildman–Crippen LogP) is 2.95. The maximum absolute atomic E-state index is 12.5. The number of nitrogens with zero attached hydrogens (tertiary/aromatic N) is 1. The van der Waals surface area contributed by atoms with Gasteiger partial charge in [0.05, 0.1) is 0 Å². The lowest BCUT2D eigenvalue weighted by molar-refractivity contribution is 0.583. The van der Waals surface area contributed by atoms with Gasteiger partial charge in [-0.2, -0.15) is 4.39 Å². The summed E-state index contributed by atoms with van der Waals surface area (Å²) < 4.78 is 12.5. The minimum Gasteiger partial charge on any atom is -0.228 e. The topological polar surface area (TPSA) is 12.9 Å². The molecule has 1 aromatic rings. The standard InChI is InChI=1S/C11H10FN/c12-11-7-6-10(8-13-11)9-4-2-1-3-5-9/h1-2,4,6-8H,3,5H2. The first kappa shape index (κ1) is 8.17. The number of hydrogen-bond acceptors (Lipinski definition) is 1. The molecule has 0 radical (unpaired) electrons. The number of halogens is 1. The largest absolute Gasteiger partial charge is 0.228 e. The Kier molecular flexibility index (Phi) is 2.21. The molecule has 0 aliphatic heterocycles. The first-order valence-electron chi connectivity index (χ1n) is 4.34. The smallest absolute Gasteiger partial charge is 0.212 e. The molecule has 1 aromatic heterocycles. The van der Waals surface area contributed by atoms with Crippen molar-refractivity contribution in [1.82, 2.24) is 4.98 Å². The number of hydrogen-bond donors (Lipinski definition) is 0. The van der Waals surface area contributed by atoms with Crippen LogP contribution in [0, 0.1) is 5.95 Å². The van der Waals surface area contributed by atoms with E-state index in [4.69, 9.17) is 0 Å². The number of aromatic nitrogens is 1. The highest BCUT2D eigenvalue weighted by Crippen LogP contribution is 2.22. The maximum atomic E-state index is 12.5. The Morgan fingerprint density at radius 1 is 1.31 bits per heavy atom. The van der Waals surface area contributed by atoms with E-state index in [0.717, 1.165) is 18.4 Å². The zero-order chi connectivity index (χ0) is 9.10. The Labute approximate surface area is 76.6 Å². The summed E-state index contributed by atoms with van der Waals surface area (Å²) >= 11 is 0. The van der Waals surface area contributed by atoms with Crippen molar-refractivity contribution in [2.24, 2.45) is 0 Å². The molecule has 2 rings (SSSR count). The normalized spacial score (nSPS) is 15.6. The Morgan fingerprint density at radius 3 is 2.85 bits per heavy atom. The Morgan fingerprint density at radius 2 is 2.23 bits per heavy atom. The molecule has 0 bridgehead atoms. The highest BCUT2D eigenvalue weighted by molar-refractivity contribution is 5.67. The molecule has 13 heavy (non-hydrogen) atoms. The van der Waals surface area contributed by atoms with E-state index in [-0.39, 0.29) is 0 Å². The summed E-state index contributed by atoms with van der Waals surface area (Å²) in [6.07, 6.45) is 9.87. The van der Waals surface area contributed by atoms with Crippen molar-refractivity contribution in [2.75, 3.05) is 0 Å². The van der Waals surface area contributed by atoms with Crippen LogP contribution in [0.5, 0.6) is 0 Å². The minimum absolute atomic E-state index is 0.421. The second-order valence-corrected chi connectivity index (χ2v) is 3.03. The Hall–Kier alpha value is -1.44. The SMILES string of the molecule is Fc1ccc(C2=CC=CCC2)cn1. The van der Waals surface area contributed by atoms with Crippen LogP contribution in [0.3, 0.4) is 0 Å². The first-order chi connectivity index (χ1) is 6.36. The molecule has 0 spiro atoms. The number of pyridine rings is 1. The molecular formula is C11H10FN. The first-order valence-corrected chi connectivity index (χ1v) is 4.34. The van der Waals surface area contributed by atoms with E-state index in [1.807, 2.05) is 6.08 Å². The third-order valence-electron chi connectivity index (χ3n) is 2.11. The molecule has 0 saturated heterocycles. The maximum Gasteiger partial charge on any atom is 0.212 e. The lowest BCUT2D eigenvalue weighted by Crippen LogP contribution is -1.90. The molecule has 0 fully saturated rings. The summed E-state index contributed by atoms with van der Waals surface area (Å²) in [6.45, 7) is 0. The van der Waals surface area contributed by atoms with Crippen LogP contribution in [0.25, 0.3) is 5.57 Å². The van der Waals surface area contributed by atoms with Gasteiger partial charge < -0.3 is 0 Å². The summed E-state index contributed by atoms with van der Waals surface area (Å²) in [4.78, 5) is 3.62. The average Bonchev–Trinajstić information content (AvgIpc) is 2.20. The van der Waals surface area contributed by atoms with Gasteiger partial charge >= 0.3 is 0 Å². The minimum atomic E-state index is -0.421. The summed E-state index contributed by atoms with van der Waals surface area (Å²) in [7, 11) is 0. The van der Waals surface area contributed by atoms with E-state index in [9.17, 15) is 4.39 Å². The van der Waals surface area contributed by atoms with Gasteiger partial charge in [0, 0.05) is 6.20 Å². The van der Waals surface area contributed by atoms with E-state index in [1.165, 1.54) is 11.6 Å². The van der Waals surface area contributed by atoms with Crippen LogP contribution in [-0.4, -0.2) is 4.98 Å². The van der Waals surface area contributed by atoms with Crippen LogP contribution in [0.15, 0.2) is 36.6 Å². The van der Waals surface area contributed by atoms with Crippen molar-refractivity contribution in [3.63, 3.8) is 0 Å². The molecule has 1 nitrogen and oxygen atoms in total. The molecule has 0 aromatic carbocycles. The Bertz CT molecular complexity index is 349. The van der Waals surface area contributed by atoms with Crippen molar-refractivity contribution in [3.05, 3.63) is 48.1 Å². The van der Waals surface area contributed by atoms with Gasteiger partial charge in [-0.05, 0) is 36.1 Å². The third-order valence-corrected chi connectivity index (χ3v) is 2.11. The van der Waals surface area contributed by atoms with Gasteiger partial charge in [0.2, 0.25) is 5.95 Å². The molecule has 1 aliphatic rings. The van der Waals surface area contributed by atoms with E-state index in [2.05, 4.69) is 17.1 Å². The molecule has 2 heteroatoms. The molecule has 0 unspecified atom stereocenters. The molecular weight excluding hydrogens is 165 g/mol. The molecule has 0 saturated carbocycles. The second-order valence-electron chi connectivity index (χ2n) is 3.03. The quantitative estimate of drug-likeness (QED) is 0.598. The van der Waals surface area contributed by atoms with Crippen LogP contribution in [0.1, 0.15) is 18.4 Å². The van der Waals surface area contributed by atoms with E-state index in [0.29, 0.717) is 0 Å². The second kappa shape index (κ2) is 3.52. The summed E-state index contributed by atoms with van der Waals surface area (Å²) in [5, 5.41) is 0. The summed E-state index contributed by atoms with van der Waals surface area (Å²) in [6, 6.07) is 3.17. The van der Waals surface area contributed by atoms with E-state index in [1.54, 1.807) is 12.3 Å². The van der Waals surface area contributed by atoms with Crippen LogP contribution >= 0.6 is 0 Å². The highest BCUT2D eigenvalue weighted by Gasteiger charge is 2.03. The fourth-order valence-corrected chi connectivity index (χ4v) is 1.41. The molecule has 66 valence electrons. The lowest BCUT2D eigenvalue weighted by Gasteiger charge is -2.07. The van der Waals surface area contributed by atoms with Crippen LogP contribution < -0.4 is 0 Å². The fraction of sp³-hybridized carbons (Fsp3) is 0.182. The number of allylic oxidation sites excluding steroid dienone is 4. The van der Waals surface area contributed by atoms with E-state index >= 15 is 0 Å². The van der Waals surface area contributed by atoms with Crippen molar-refractivity contribution in [2.45, 2.75) is 12.8 Å². The molecule has 0 N–H and O–H groups in total. The molecule has 1 aliphatic carbocycles. The van der Waals surface area contributed by atoms with Gasteiger partial charge in [0.25, 0.3) is 0 Å². The predicted molar refractivity (Wildman–Crippen MR) is 50.5 cm³/mol. The van der Waals surface area contributed by atoms with Crippen LogP contribution in [0.4, 0.5) is 4.39 Å². The van der Waals surface area contributed by atoms with E-state index < -0.39 is 5.95 Å². The highest BCUT2D eigenvalue weighted by atomic mass is 19.1. The van der Waals surface area contributed by atoms with Gasteiger partial charge in [-0.25, -0.2) is 4.98 Å². The Balaban J connectivity index is 2.30. The number of rotatable bonds is 1. The van der Waals surface area contributed by atoms with Crippen molar-refractivity contribution >= 4 is 5.57 Å². The van der Waals surface area contributed by atoms with Crippen LogP contribution in [0.2, 0.25) is 0 Å². The third kappa shape index (κ3) is 1.83. The molecule has 0 amide bonds. The van der Waals surface area contributed by atoms with Gasteiger partial charge in [0.15, 0.2) is 0 Å². The zero-order valence-corrected chi connectivity index (χ0v) is 7.20. The van der Waals surface area contributed by atoms with Crippen LogP contribution in [-0.2, 0) is 0 Å². The lowest BCUT2D eigenvalue weighted by atomic mass is 9.99. The van der Waals surface area contributed by atoms with Gasteiger partial charge in [-0.3, -0.25) is 0 Å². The molecule has 0 atom stereocenters. The zero-order valence-electron chi connectivity index (χ0n) is 7.20. The summed E-state index contributed by atoms with van der Waals surface area (Å²) in [5.41, 5.74) is 2.25. The van der Waals surface area contributed by atoms with Gasteiger partial charge in [0.1, 0.15) is 0 Å². The van der Waals surface area contributed by atoms with Gasteiger partial charge in [-0.15, -0.1) is 0 Å². The monoisotopic (exact) mass is 175 g/mol. The molecule has 1 heterocycles. The van der Waals surface area contributed by atoms with Crippen molar-refractivity contribution < 1.29 is 4.39 Å². The fourth-order valence-electron chi connectivity index (χ4n) is 1.41. The summed E-state index contributed by atoms with van der Waals surface area (Å²) in [5.74, 6) is -0.421. The average molecular weight is 175 g/mol. The van der Waals surface area contributed by atoms with Crippen molar-refractivity contribution in [3.8, 4) is 0 Å². The van der Waals surface area contributed by atoms with Gasteiger partial charge in [-0.1, -0.05) is 18.2 Å².